The number of anilines is 1. The minimum absolute atomic E-state index is 0.0313. The molecular weight excluding hydrogens is 332 g/mol. The largest absolute Gasteiger partial charge is 0.379 e. The second-order valence-electron chi connectivity index (χ2n) is 5.79. The van der Waals surface area contributed by atoms with Crippen LogP contribution < -0.4 is 10.2 Å². The third-order valence-electron chi connectivity index (χ3n) is 4.00. The highest BCUT2D eigenvalue weighted by atomic mass is 19.1. The molecule has 25 heavy (non-hydrogen) atoms. The molecule has 1 saturated heterocycles. The number of ether oxygens (including phenoxy) is 1. The Balaban J connectivity index is 1.82. The first-order chi connectivity index (χ1) is 12.0. The predicted molar refractivity (Wildman–Crippen MR) is 89.3 cm³/mol. The van der Waals surface area contributed by atoms with Crippen molar-refractivity contribution in [1.82, 2.24) is 10.2 Å². The molecule has 0 bridgehead atoms. The molecule has 2 amide bonds. The summed E-state index contributed by atoms with van der Waals surface area (Å²) >= 11 is 0. The van der Waals surface area contributed by atoms with E-state index in [0.29, 0.717) is 26.3 Å². The molecule has 0 saturated carbocycles. The van der Waals surface area contributed by atoms with Crippen LogP contribution in [0.5, 0.6) is 0 Å². The first-order valence-electron chi connectivity index (χ1n) is 8.28. The number of nitrogens with one attached hydrogen (secondary N) is 1. The number of carbonyl (C=O) groups is 2. The highest BCUT2D eigenvalue weighted by Crippen LogP contribution is 2.23. The number of amides is 2. The van der Waals surface area contributed by atoms with Gasteiger partial charge in [-0.15, -0.1) is 0 Å². The van der Waals surface area contributed by atoms with Gasteiger partial charge < -0.3 is 15.0 Å². The molecule has 1 aromatic carbocycles. The number of benzene rings is 1. The van der Waals surface area contributed by atoms with Crippen LogP contribution in [0.1, 0.15) is 13.3 Å². The van der Waals surface area contributed by atoms with Crippen LogP contribution in [0.4, 0.5) is 14.5 Å². The summed E-state index contributed by atoms with van der Waals surface area (Å²) in [6, 6.07) is 3.39. The molecule has 1 N–H and O–H groups in total. The van der Waals surface area contributed by atoms with Crippen molar-refractivity contribution < 1.29 is 23.1 Å². The van der Waals surface area contributed by atoms with Crippen LogP contribution in [0.15, 0.2) is 18.2 Å². The van der Waals surface area contributed by atoms with E-state index in [4.69, 9.17) is 4.74 Å². The number of para-hydroxylation sites is 1. The molecule has 2 rings (SSSR count). The first-order valence-corrected chi connectivity index (χ1v) is 8.28. The van der Waals surface area contributed by atoms with E-state index in [2.05, 4.69) is 10.2 Å². The second kappa shape index (κ2) is 9.43. The van der Waals surface area contributed by atoms with Crippen LogP contribution in [0.2, 0.25) is 0 Å². The van der Waals surface area contributed by atoms with E-state index in [9.17, 15) is 18.4 Å². The van der Waals surface area contributed by atoms with Crippen LogP contribution >= 0.6 is 0 Å². The van der Waals surface area contributed by atoms with E-state index in [1.54, 1.807) is 0 Å². The lowest BCUT2D eigenvalue weighted by Crippen LogP contribution is -2.42. The third kappa shape index (κ3) is 5.75. The van der Waals surface area contributed by atoms with E-state index in [1.807, 2.05) is 0 Å². The fraction of sp³-hybridized carbons (Fsp3) is 0.529. The number of halogens is 2. The van der Waals surface area contributed by atoms with E-state index >= 15 is 0 Å². The van der Waals surface area contributed by atoms with Gasteiger partial charge in [-0.25, -0.2) is 8.78 Å². The van der Waals surface area contributed by atoms with Crippen molar-refractivity contribution in [2.45, 2.75) is 13.3 Å². The van der Waals surface area contributed by atoms with Crippen molar-refractivity contribution >= 4 is 17.5 Å². The minimum Gasteiger partial charge on any atom is -0.379 e. The quantitative estimate of drug-likeness (QED) is 0.797. The number of morpholine rings is 1. The maximum atomic E-state index is 13.8. The maximum Gasteiger partial charge on any atom is 0.224 e. The van der Waals surface area contributed by atoms with E-state index in [0.717, 1.165) is 30.1 Å². The SMILES string of the molecule is CC(=O)N(CCC(=O)NCCN1CCOCC1)c1c(F)cccc1F. The fourth-order valence-corrected chi connectivity index (χ4v) is 2.65. The summed E-state index contributed by atoms with van der Waals surface area (Å²) < 4.78 is 32.9. The lowest BCUT2D eigenvalue weighted by Gasteiger charge is -2.26. The zero-order valence-corrected chi connectivity index (χ0v) is 14.3. The molecule has 8 heteroatoms. The molecule has 0 aromatic heterocycles. The average molecular weight is 355 g/mol. The molecule has 1 fully saturated rings. The predicted octanol–water partition coefficient (Wildman–Crippen LogP) is 1.16. The van der Waals surface area contributed by atoms with Gasteiger partial charge >= 0.3 is 0 Å². The molecular formula is C17H23F2N3O3. The zero-order chi connectivity index (χ0) is 18.2. The third-order valence-corrected chi connectivity index (χ3v) is 4.00. The van der Waals surface area contributed by atoms with Crippen molar-refractivity contribution in [3.05, 3.63) is 29.8 Å². The molecule has 1 heterocycles. The van der Waals surface area contributed by atoms with Gasteiger partial charge in [-0.05, 0) is 12.1 Å². The molecule has 1 aliphatic rings. The molecule has 6 nitrogen and oxygen atoms in total. The number of hydrogen-bond donors (Lipinski definition) is 1. The highest BCUT2D eigenvalue weighted by Gasteiger charge is 2.21. The first kappa shape index (κ1) is 19.3. The van der Waals surface area contributed by atoms with Crippen LogP contribution in [-0.4, -0.2) is 62.7 Å². The Bertz CT molecular complexity index is 587. The van der Waals surface area contributed by atoms with Gasteiger partial charge in [0, 0.05) is 46.1 Å². The van der Waals surface area contributed by atoms with E-state index in [-0.39, 0.29) is 18.9 Å². The molecule has 0 unspecified atom stereocenters. The van der Waals surface area contributed by atoms with Gasteiger partial charge in [-0.3, -0.25) is 14.5 Å². The van der Waals surface area contributed by atoms with Crippen molar-refractivity contribution in [3.8, 4) is 0 Å². The summed E-state index contributed by atoms with van der Waals surface area (Å²) in [7, 11) is 0. The van der Waals surface area contributed by atoms with Crippen molar-refractivity contribution in [3.63, 3.8) is 0 Å². The van der Waals surface area contributed by atoms with Crippen molar-refractivity contribution in [2.24, 2.45) is 0 Å². The molecule has 0 atom stereocenters. The maximum absolute atomic E-state index is 13.8. The second-order valence-corrected chi connectivity index (χ2v) is 5.79. The van der Waals surface area contributed by atoms with Crippen LogP contribution in [-0.2, 0) is 14.3 Å². The van der Waals surface area contributed by atoms with Crippen LogP contribution in [0.25, 0.3) is 0 Å². The molecule has 138 valence electrons. The Hall–Kier alpha value is -2.06. The van der Waals surface area contributed by atoms with Crippen LogP contribution in [0.3, 0.4) is 0 Å². The topological polar surface area (TPSA) is 61.9 Å². The Kier molecular flexibility index (Phi) is 7.27. The summed E-state index contributed by atoms with van der Waals surface area (Å²) in [5, 5.41) is 2.76. The van der Waals surface area contributed by atoms with Gasteiger partial charge in [-0.2, -0.15) is 0 Å². The summed E-state index contributed by atoms with van der Waals surface area (Å²) in [6.45, 7) is 5.37. The number of hydrogen-bond acceptors (Lipinski definition) is 4. The lowest BCUT2D eigenvalue weighted by atomic mass is 10.2. The van der Waals surface area contributed by atoms with Gasteiger partial charge in [0.2, 0.25) is 11.8 Å². The summed E-state index contributed by atoms with van der Waals surface area (Å²) in [4.78, 5) is 26.8. The van der Waals surface area contributed by atoms with Gasteiger partial charge in [0.25, 0.3) is 0 Å². The summed E-state index contributed by atoms with van der Waals surface area (Å²) in [5.41, 5.74) is -0.420. The normalized spacial score (nSPS) is 15.0. The average Bonchev–Trinajstić information content (AvgIpc) is 2.58. The van der Waals surface area contributed by atoms with Crippen LogP contribution in [0, 0.1) is 11.6 Å². The number of carbonyl (C=O) groups excluding carboxylic acids is 2. The molecule has 1 aliphatic heterocycles. The molecule has 1 aromatic rings. The Morgan fingerprint density at radius 3 is 2.48 bits per heavy atom. The van der Waals surface area contributed by atoms with E-state index < -0.39 is 23.2 Å². The number of rotatable bonds is 7. The molecule has 0 spiro atoms. The van der Waals surface area contributed by atoms with Crippen molar-refractivity contribution in [2.75, 3.05) is 50.8 Å². The van der Waals surface area contributed by atoms with Crippen molar-refractivity contribution in [1.29, 1.82) is 0 Å². The standard InChI is InChI=1S/C17H23F2N3O3/c1-13(23)22(17-14(18)3-2-4-15(17)19)7-5-16(24)20-6-8-21-9-11-25-12-10-21/h2-4H,5-12H2,1H3,(H,20,24). The van der Waals surface area contributed by atoms with E-state index in [1.165, 1.54) is 13.0 Å². The summed E-state index contributed by atoms with van der Waals surface area (Å²) in [6.07, 6.45) is -0.0313. The Morgan fingerprint density at radius 1 is 1.24 bits per heavy atom. The zero-order valence-electron chi connectivity index (χ0n) is 14.3. The monoisotopic (exact) mass is 355 g/mol. The molecule has 0 radical (unpaired) electrons. The minimum atomic E-state index is -0.831. The molecule has 0 aliphatic carbocycles. The Labute approximate surface area is 145 Å². The van der Waals surface area contributed by atoms with Gasteiger partial charge in [-0.1, -0.05) is 6.07 Å². The smallest absolute Gasteiger partial charge is 0.224 e. The van der Waals surface area contributed by atoms with Gasteiger partial charge in [0.05, 0.1) is 13.2 Å². The summed E-state index contributed by atoms with van der Waals surface area (Å²) in [5.74, 6) is -2.45. The Morgan fingerprint density at radius 2 is 1.88 bits per heavy atom. The highest BCUT2D eigenvalue weighted by molar-refractivity contribution is 5.92. The number of nitrogens with zero attached hydrogens (tertiary/aromatic N) is 2. The fourth-order valence-electron chi connectivity index (χ4n) is 2.65. The van der Waals surface area contributed by atoms with Gasteiger partial charge in [0.1, 0.15) is 17.3 Å². The lowest BCUT2D eigenvalue weighted by molar-refractivity contribution is -0.121. The van der Waals surface area contributed by atoms with Gasteiger partial charge in [0.15, 0.2) is 0 Å².